The van der Waals surface area contributed by atoms with Crippen molar-refractivity contribution in [1.29, 1.82) is 0 Å². The highest BCUT2D eigenvalue weighted by Gasteiger charge is 2.36. The highest BCUT2D eigenvalue weighted by Crippen LogP contribution is 2.28. The van der Waals surface area contributed by atoms with Crippen molar-refractivity contribution in [3.05, 3.63) is 35.4 Å². The van der Waals surface area contributed by atoms with Crippen LogP contribution in [0.1, 0.15) is 51.3 Å². The van der Waals surface area contributed by atoms with E-state index in [4.69, 9.17) is 16.3 Å². The molecule has 0 radical (unpaired) electrons. The number of ether oxygens (including phenoxy) is 1. The number of sulfonamides is 1. The van der Waals surface area contributed by atoms with Crippen molar-refractivity contribution in [3.63, 3.8) is 0 Å². The molecule has 0 heterocycles. The summed E-state index contributed by atoms with van der Waals surface area (Å²) in [6.45, 7) is 6.25. The van der Waals surface area contributed by atoms with E-state index in [1.807, 2.05) is 0 Å². The quantitative estimate of drug-likeness (QED) is 0.782. The van der Waals surface area contributed by atoms with Gasteiger partial charge in [-0.15, -0.1) is 6.42 Å². The molecule has 7 heteroatoms. The van der Waals surface area contributed by atoms with E-state index < -0.39 is 27.8 Å². The summed E-state index contributed by atoms with van der Waals surface area (Å²) in [5, 5.41) is 8.95. The third-order valence-electron chi connectivity index (χ3n) is 3.35. The second kappa shape index (κ2) is 8.37. The van der Waals surface area contributed by atoms with E-state index in [1.54, 1.807) is 52.0 Å². The molecule has 1 N–H and O–H groups in total. The molecule has 1 atom stereocenters. The highest BCUT2D eigenvalue weighted by molar-refractivity contribution is 7.89. The van der Waals surface area contributed by atoms with Crippen LogP contribution in [-0.4, -0.2) is 41.9 Å². The minimum Gasteiger partial charge on any atom is -0.443 e. The summed E-state index contributed by atoms with van der Waals surface area (Å²) < 4.78 is 31.4. The lowest BCUT2D eigenvalue weighted by Crippen LogP contribution is -2.43. The molecule has 0 saturated heterocycles. The lowest BCUT2D eigenvalue weighted by atomic mass is 10.0. The number of carbonyl (C=O) groups excluding carboxylic acids is 1. The first-order chi connectivity index (χ1) is 11.5. The van der Waals surface area contributed by atoms with Gasteiger partial charge in [-0.2, -0.15) is 4.31 Å². The molecular formula is C18H25NO5S. The second-order valence-corrected chi connectivity index (χ2v) is 8.54. The lowest BCUT2D eigenvalue weighted by Gasteiger charge is -2.31. The average Bonchev–Trinajstić information content (AvgIpc) is 2.50. The Kier molecular flexibility index (Phi) is 7.03. The molecule has 0 unspecified atom stereocenters. The molecule has 1 rings (SSSR count). The van der Waals surface area contributed by atoms with Gasteiger partial charge in [0.05, 0.1) is 11.8 Å². The molecule has 0 saturated carbocycles. The maximum Gasteiger partial charge on any atom is 0.424 e. The molecule has 0 aliphatic carbocycles. The average molecular weight is 367 g/mol. The molecule has 0 bridgehead atoms. The van der Waals surface area contributed by atoms with E-state index in [-0.39, 0.29) is 18.8 Å². The van der Waals surface area contributed by atoms with E-state index in [0.717, 1.165) is 0 Å². The first-order valence-corrected chi connectivity index (χ1v) is 9.56. The van der Waals surface area contributed by atoms with Crippen molar-refractivity contribution >= 4 is 16.1 Å². The van der Waals surface area contributed by atoms with Crippen LogP contribution in [0.25, 0.3) is 0 Å². The summed E-state index contributed by atoms with van der Waals surface area (Å²) in [5.41, 5.74) is 0.178. The van der Waals surface area contributed by atoms with Crippen LogP contribution in [0.15, 0.2) is 24.3 Å². The van der Waals surface area contributed by atoms with Crippen molar-refractivity contribution < 1.29 is 23.1 Å². The number of aliphatic hydroxyl groups excluding tert-OH is 1. The number of carbonyl (C=O) groups is 1. The molecule has 0 spiro atoms. The topological polar surface area (TPSA) is 83.9 Å². The number of aliphatic hydroxyl groups is 1. The zero-order chi connectivity index (χ0) is 19.3. The molecule has 1 aromatic rings. The minimum atomic E-state index is -4.00. The molecule has 1 aromatic carbocycles. The fraction of sp³-hybridized carbons (Fsp3) is 0.500. The SMILES string of the molecule is C#Cc1ccccc1[C@@H](C)N(C(=O)OC(C)(C)C)S(=O)(=O)CCCO. The highest BCUT2D eigenvalue weighted by atomic mass is 32.2. The number of rotatable bonds is 6. The Morgan fingerprint density at radius 3 is 2.48 bits per heavy atom. The van der Waals surface area contributed by atoms with Crippen LogP contribution in [0.2, 0.25) is 0 Å². The van der Waals surface area contributed by atoms with E-state index >= 15 is 0 Å². The van der Waals surface area contributed by atoms with Gasteiger partial charge in [0.15, 0.2) is 0 Å². The third-order valence-corrected chi connectivity index (χ3v) is 5.22. The summed E-state index contributed by atoms with van der Waals surface area (Å²) in [6, 6.07) is 5.98. The van der Waals surface area contributed by atoms with E-state index in [2.05, 4.69) is 5.92 Å². The summed E-state index contributed by atoms with van der Waals surface area (Å²) in [7, 11) is -4.00. The molecule has 6 nitrogen and oxygen atoms in total. The molecule has 0 aromatic heterocycles. The predicted octanol–water partition coefficient (Wildman–Crippen LogP) is 2.68. The molecule has 1 amide bonds. The molecular weight excluding hydrogens is 342 g/mol. The minimum absolute atomic E-state index is 0.0190. The van der Waals surface area contributed by atoms with Gasteiger partial charge >= 0.3 is 6.09 Å². The van der Waals surface area contributed by atoms with Crippen LogP contribution in [0, 0.1) is 12.3 Å². The smallest absolute Gasteiger partial charge is 0.424 e. The number of terminal acetylenes is 1. The zero-order valence-electron chi connectivity index (χ0n) is 15.0. The Morgan fingerprint density at radius 1 is 1.36 bits per heavy atom. The van der Waals surface area contributed by atoms with Crippen molar-refractivity contribution in [3.8, 4) is 12.3 Å². The Balaban J connectivity index is 3.35. The summed E-state index contributed by atoms with van der Waals surface area (Å²) in [6.07, 6.45) is 4.54. The predicted molar refractivity (Wildman–Crippen MR) is 96.4 cm³/mol. The van der Waals surface area contributed by atoms with Crippen LogP contribution in [-0.2, 0) is 14.8 Å². The van der Waals surface area contributed by atoms with E-state index in [1.165, 1.54) is 0 Å². The number of amides is 1. The standard InChI is InChI=1S/C18H25NO5S/c1-6-15-10-7-8-11-16(15)14(2)19(17(21)24-18(3,4)5)25(22,23)13-9-12-20/h1,7-8,10-11,14,20H,9,12-13H2,2-5H3/t14-/m1/s1. The maximum absolute atomic E-state index is 12.7. The van der Waals surface area contributed by atoms with Crippen LogP contribution in [0.5, 0.6) is 0 Å². The van der Waals surface area contributed by atoms with Gasteiger partial charge < -0.3 is 9.84 Å². The number of hydrogen-bond donors (Lipinski definition) is 1. The first-order valence-electron chi connectivity index (χ1n) is 7.95. The van der Waals surface area contributed by atoms with Gasteiger partial charge in [-0.25, -0.2) is 13.2 Å². The second-order valence-electron chi connectivity index (χ2n) is 6.58. The summed E-state index contributed by atoms with van der Waals surface area (Å²) in [4.78, 5) is 12.6. The van der Waals surface area contributed by atoms with Crippen LogP contribution in [0.4, 0.5) is 4.79 Å². The summed E-state index contributed by atoms with van der Waals surface area (Å²) >= 11 is 0. The molecule has 0 aliphatic rings. The summed E-state index contributed by atoms with van der Waals surface area (Å²) in [5.74, 6) is 2.13. The van der Waals surface area contributed by atoms with E-state index in [0.29, 0.717) is 15.4 Å². The normalized spacial score (nSPS) is 13.0. The van der Waals surface area contributed by atoms with Crippen molar-refractivity contribution in [1.82, 2.24) is 4.31 Å². The first kappa shape index (κ1) is 21.0. The molecule has 138 valence electrons. The third kappa shape index (κ3) is 5.76. The van der Waals surface area contributed by atoms with Gasteiger partial charge in [0, 0.05) is 12.2 Å². The zero-order valence-corrected chi connectivity index (χ0v) is 15.8. The van der Waals surface area contributed by atoms with Crippen molar-refractivity contribution in [2.24, 2.45) is 0 Å². The van der Waals surface area contributed by atoms with Gasteiger partial charge in [-0.3, -0.25) is 0 Å². The monoisotopic (exact) mass is 367 g/mol. The van der Waals surface area contributed by atoms with Crippen LogP contribution < -0.4 is 0 Å². The van der Waals surface area contributed by atoms with E-state index in [9.17, 15) is 13.2 Å². The van der Waals surface area contributed by atoms with Gasteiger partial charge in [-0.1, -0.05) is 24.1 Å². The van der Waals surface area contributed by atoms with Gasteiger partial charge in [0.1, 0.15) is 5.60 Å². The Bertz CT molecular complexity index is 743. The van der Waals surface area contributed by atoms with Gasteiger partial charge in [0.25, 0.3) is 0 Å². The molecule has 25 heavy (non-hydrogen) atoms. The largest absolute Gasteiger partial charge is 0.443 e. The fourth-order valence-electron chi connectivity index (χ4n) is 2.28. The molecule has 0 aliphatic heterocycles. The van der Waals surface area contributed by atoms with Crippen molar-refractivity contribution in [2.75, 3.05) is 12.4 Å². The van der Waals surface area contributed by atoms with Crippen LogP contribution >= 0.6 is 0 Å². The Morgan fingerprint density at radius 2 is 1.96 bits per heavy atom. The number of benzene rings is 1. The molecule has 0 fully saturated rings. The van der Waals surface area contributed by atoms with Gasteiger partial charge in [-0.05, 0) is 45.7 Å². The van der Waals surface area contributed by atoms with Crippen LogP contribution in [0.3, 0.4) is 0 Å². The Labute approximate surface area is 149 Å². The fourth-order valence-corrected chi connectivity index (χ4v) is 3.83. The lowest BCUT2D eigenvalue weighted by molar-refractivity contribution is 0.0346. The Hall–Kier alpha value is -2.04. The van der Waals surface area contributed by atoms with Crippen molar-refractivity contribution in [2.45, 2.75) is 45.8 Å². The maximum atomic E-state index is 12.7. The van der Waals surface area contributed by atoms with Gasteiger partial charge in [0.2, 0.25) is 10.0 Å². The number of nitrogens with zero attached hydrogens (tertiary/aromatic N) is 1. The number of hydrogen-bond acceptors (Lipinski definition) is 5.